The molecule has 2 aromatic carbocycles. The maximum atomic E-state index is 12.1. The first kappa shape index (κ1) is 19.7. The molecule has 7 heteroatoms. The summed E-state index contributed by atoms with van der Waals surface area (Å²) in [7, 11) is 3.36. The Kier molecular flexibility index (Phi) is 6.28. The Morgan fingerprint density at radius 1 is 1.11 bits per heavy atom. The van der Waals surface area contributed by atoms with Crippen LogP contribution in [0.2, 0.25) is 0 Å². The standard InChI is InChI=1S/C20H19N3O4/c1-14-6-9-17(13-18(14)23(26)27)19(24)21-12-4-5-15-7-10-16(11-8-15)20(25)22(2)3/h6-11,13H,12H2,1-3H3,(H,21,24). The summed E-state index contributed by atoms with van der Waals surface area (Å²) in [6, 6.07) is 11.2. The van der Waals surface area contributed by atoms with Gasteiger partial charge in [-0.1, -0.05) is 17.9 Å². The minimum Gasteiger partial charge on any atom is -0.345 e. The lowest BCUT2D eigenvalue weighted by molar-refractivity contribution is -0.385. The lowest BCUT2D eigenvalue weighted by Gasteiger charge is -2.09. The highest BCUT2D eigenvalue weighted by molar-refractivity contribution is 5.95. The van der Waals surface area contributed by atoms with Gasteiger partial charge in [0, 0.05) is 42.4 Å². The predicted octanol–water partition coefficient (Wildman–Crippen LogP) is 2.39. The highest BCUT2D eigenvalue weighted by Gasteiger charge is 2.14. The zero-order valence-electron chi connectivity index (χ0n) is 15.3. The van der Waals surface area contributed by atoms with Gasteiger partial charge in [0.2, 0.25) is 0 Å². The fourth-order valence-electron chi connectivity index (χ4n) is 2.27. The van der Waals surface area contributed by atoms with Crippen molar-refractivity contribution in [3.63, 3.8) is 0 Å². The summed E-state index contributed by atoms with van der Waals surface area (Å²) in [5, 5.41) is 13.5. The zero-order valence-corrected chi connectivity index (χ0v) is 15.3. The molecule has 0 unspecified atom stereocenters. The molecule has 0 atom stereocenters. The summed E-state index contributed by atoms with van der Waals surface area (Å²) < 4.78 is 0. The van der Waals surface area contributed by atoms with Gasteiger partial charge in [-0.15, -0.1) is 0 Å². The Bertz CT molecular complexity index is 938. The number of aryl methyl sites for hydroxylation is 1. The molecule has 1 N–H and O–H groups in total. The van der Waals surface area contributed by atoms with Crippen LogP contribution in [0.1, 0.15) is 31.8 Å². The summed E-state index contributed by atoms with van der Waals surface area (Å²) in [5.41, 5.74) is 1.89. The SMILES string of the molecule is Cc1ccc(C(=O)NCC#Cc2ccc(C(=O)N(C)C)cc2)cc1[N+](=O)[O-]. The van der Waals surface area contributed by atoms with Crippen LogP contribution in [-0.4, -0.2) is 42.3 Å². The Morgan fingerprint density at radius 2 is 1.74 bits per heavy atom. The maximum Gasteiger partial charge on any atom is 0.273 e. The van der Waals surface area contributed by atoms with E-state index < -0.39 is 10.8 Å². The molecule has 2 rings (SSSR count). The van der Waals surface area contributed by atoms with Crippen LogP contribution in [0.4, 0.5) is 5.69 Å². The van der Waals surface area contributed by atoms with Crippen LogP contribution in [0.5, 0.6) is 0 Å². The largest absolute Gasteiger partial charge is 0.345 e. The second-order valence-electron chi connectivity index (χ2n) is 6.02. The van der Waals surface area contributed by atoms with Gasteiger partial charge in [0.1, 0.15) is 0 Å². The smallest absolute Gasteiger partial charge is 0.273 e. The maximum absolute atomic E-state index is 12.1. The Labute approximate surface area is 157 Å². The van der Waals surface area contributed by atoms with Crippen molar-refractivity contribution in [2.45, 2.75) is 6.92 Å². The third-order valence-corrected chi connectivity index (χ3v) is 3.78. The van der Waals surface area contributed by atoms with E-state index in [0.29, 0.717) is 16.7 Å². The zero-order chi connectivity index (χ0) is 20.0. The molecule has 27 heavy (non-hydrogen) atoms. The molecule has 2 amide bonds. The quantitative estimate of drug-likeness (QED) is 0.511. The van der Waals surface area contributed by atoms with Crippen LogP contribution in [0.15, 0.2) is 42.5 Å². The van der Waals surface area contributed by atoms with Crippen molar-refractivity contribution >= 4 is 17.5 Å². The fraction of sp³-hybridized carbons (Fsp3) is 0.200. The highest BCUT2D eigenvalue weighted by atomic mass is 16.6. The van der Waals surface area contributed by atoms with E-state index in [9.17, 15) is 19.7 Å². The number of carbonyl (C=O) groups excluding carboxylic acids is 2. The molecule has 0 fully saturated rings. The number of carbonyl (C=O) groups is 2. The molecule has 0 spiro atoms. The van der Waals surface area contributed by atoms with Crippen molar-refractivity contribution in [2.75, 3.05) is 20.6 Å². The molecule has 0 aliphatic heterocycles. The predicted molar refractivity (Wildman–Crippen MR) is 102 cm³/mol. The number of rotatable bonds is 4. The molecule has 138 valence electrons. The molecule has 0 bridgehead atoms. The van der Waals surface area contributed by atoms with Crippen molar-refractivity contribution in [1.29, 1.82) is 0 Å². The first-order valence-corrected chi connectivity index (χ1v) is 8.13. The molecule has 0 aromatic heterocycles. The second-order valence-corrected chi connectivity index (χ2v) is 6.02. The summed E-state index contributed by atoms with van der Waals surface area (Å²) in [6.07, 6.45) is 0. The van der Waals surface area contributed by atoms with Crippen LogP contribution < -0.4 is 5.32 Å². The van der Waals surface area contributed by atoms with Crippen molar-refractivity contribution in [3.05, 3.63) is 74.8 Å². The van der Waals surface area contributed by atoms with Gasteiger partial charge in [-0.2, -0.15) is 0 Å². The van der Waals surface area contributed by atoms with Gasteiger partial charge in [-0.25, -0.2) is 0 Å². The molecular weight excluding hydrogens is 346 g/mol. The van der Waals surface area contributed by atoms with Gasteiger partial charge in [0.05, 0.1) is 11.5 Å². The second kappa shape index (κ2) is 8.63. The molecular formula is C20H19N3O4. The normalized spacial score (nSPS) is 9.74. The average Bonchev–Trinajstić information content (AvgIpc) is 2.65. The van der Waals surface area contributed by atoms with Crippen LogP contribution in [0.25, 0.3) is 0 Å². The number of hydrogen-bond donors (Lipinski definition) is 1. The van der Waals surface area contributed by atoms with Gasteiger partial charge in [-0.05, 0) is 37.3 Å². The number of nitrogens with zero attached hydrogens (tertiary/aromatic N) is 2. The number of benzene rings is 2. The first-order chi connectivity index (χ1) is 12.8. The summed E-state index contributed by atoms with van der Waals surface area (Å²) in [4.78, 5) is 35.8. The first-order valence-electron chi connectivity index (χ1n) is 8.13. The summed E-state index contributed by atoms with van der Waals surface area (Å²) in [5.74, 6) is 5.18. The summed E-state index contributed by atoms with van der Waals surface area (Å²) >= 11 is 0. The number of hydrogen-bond acceptors (Lipinski definition) is 4. The van der Waals surface area contributed by atoms with Crippen molar-refractivity contribution in [1.82, 2.24) is 10.2 Å². The minimum atomic E-state index is -0.517. The van der Waals surface area contributed by atoms with E-state index >= 15 is 0 Å². The molecule has 0 radical (unpaired) electrons. The number of nitro benzene ring substituents is 1. The molecule has 0 saturated heterocycles. The molecule has 0 saturated carbocycles. The lowest BCUT2D eigenvalue weighted by atomic mass is 10.1. The van der Waals surface area contributed by atoms with Gasteiger partial charge in [0.15, 0.2) is 0 Å². The van der Waals surface area contributed by atoms with Crippen LogP contribution >= 0.6 is 0 Å². The molecule has 0 aliphatic carbocycles. The number of amides is 2. The molecule has 7 nitrogen and oxygen atoms in total. The van der Waals surface area contributed by atoms with Gasteiger partial charge < -0.3 is 10.2 Å². The van der Waals surface area contributed by atoms with Crippen LogP contribution in [0.3, 0.4) is 0 Å². The van der Waals surface area contributed by atoms with Crippen molar-refractivity contribution in [3.8, 4) is 11.8 Å². The Balaban J connectivity index is 1.97. The van der Waals surface area contributed by atoms with Crippen molar-refractivity contribution in [2.24, 2.45) is 0 Å². The highest BCUT2D eigenvalue weighted by Crippen LogP contribution is 2.19. The van der Waals surface area contributed by atoms with E-state index in [4.69, 9.17) is 0 Å². The van der Waals surface area contributed by atoms with Gasteiger partial charge in [0.25, 0.3) is 17.5 Å². The average molecular weight is 365 g/mol. The van der Waals surface area contributed by atoms with Gasteiger partial charge in [-0.3, -0.25) is 19.7 Å². The van der Waals surface area contributed by atoms with E-state index in [1.54, 1.807) is 45.3 Å². The van der Waals surface area contributed by atoms with E-state index in [1.165, 1.54) is 23.1 Å². The topological polar surface area (TPSA) is 92.6 Å². The monoisotopic (exact) mass is 365 g/mol. The van der Waals surface area contributed by atoms with E-state index in [0.717, 1.165) is 0 Å². The fourth-order valence-corrected chi connectivity index (χ4v) is 2.27. The molecule has 0 aliphatic rings. The molecule has 0 heterocycles. The summed E-state index contributed by atoms with van der Waals surface area (Å²) in [6.45, 7) is 1.71. The number of nitro groups is 1. The van der Waals surface area contributed by atoms with Gasteiger partial charge >= 0.3 is 0 Å². The number of nitrogens with one attached hydrogen (secondary N) is 1. The third-order valence-electron chi connectivity index (χ3n) is 3.78. The van der Waals surface area contributed by atoms with Crippen molar-refractivity contribution < 1.29 is 14.5 Å². The third kappa shape index (κ3) is 5.16. The van der Waals surface area contributed by atoms with Crippen LogP contribution in [-0.2, 0) is 0 Å². The molecule has 2 aromatic rings. The van der Waals surface area contributed by atoms with Crippen LogP contribution in [0, 0.1) is 28.9 Å². The van der Waals surface area contributed by atoms with E-state index in [-0.39, 0.29) is 23.7 Å². The Hall–Kier alpha value is -3.66. The van der Waals surface area contributed by atoms with E-state index in [2.05, 4.69) is 17.2 Å². The Morgan fingerprint density at radius 3 is 2.33 bits per heavy atom. The lowest BCUT2D eigenvalue weighted by Crippen LogP contribution is -2.23. The minimum absolute atomic E-state index is 0.0889. The van der Waals surface area contributed by atoms with E-state index in [1.807, 2.05) is 0 Å².